The molecule has 0 spiro atoms. The zero-order valence-corrected chi connectivity index (χ0v) is 7.90. The van der Waals surface area contributed by atoms with E-state index in [2.05, 4.69) is 10.1 Å². The van der Waals surface area contributed by atoms with Gasteiger partial charge in [-0.15, -0.1) is 11.8 Å². The van der Waals surface area contributed by atoms with Gasteiger partial charge in [0.1, 0.15) is 0 Å². The number of ether oxygens (including phenoxy) is 1. The van der Waals surface area contributed by atoms with Crippen molar-refractivity contribution in [3.8, 4) is 0 Å². The summed E-state index contributed by atoms with van der Waals surface area (Å²) in [4.78, 5) is 11.0. The molecule has 0 radical (unpaired) electrons. The molecule has 0 aromatic heterocycles. The number of hydrogen-bond acceptors (Lipinski definition) is 4. The van der Waals surface area contributed by atoms with Gasteiger partial charge in [0, 0.05) is 12.6 Å². The molecule has 1 rings (SSSR count). The van der Waals surface area contributed by atoms with Crippen molar-refractivity contribution < 1.29 is 9.53 Å². The molecule has 66 valence electrons. The van der Waals surface area contributed by atoms with E-state index in [1.165, 1.54) is 7.11 Å². The average Bonchev–Trinajstić information content (AvgIpc) is 2.17. The Kier molecular flexibility index (Phi) is 3.22. The molecule has 0 unspecified atom stereocenters. The zero-order valence-electron chi connectivity index (χ0n) is 7.09. The van der Waals surface area contributed by atoms with Gasteiger partial charge in [0.2, 0.25) is 0 Å². The van der Waals surface area contributed by atoms with Crippen molar-refractivity contribution in [1.82, 2.24) is 5.32 Å². The average molecular weight is 185 g/mol. The van der Waals surface area contributed by atoms with Gasteiger partial charge in [-0.25, -0.2) is 4.79 Å². The Morgan fingerprint density at radius 2 is 2.50 bits per heavy atom. The highest BCUT2D eigenvalue weighted by Gasteiger charge is 2.11. The lowest BCUT2D eigenvalue weighted by Crippen LogP contribution is -2.14. The highest BCUT2D eigenvalue weighted by molar-refractivity contribution is 8.02. The fraction of sp³-hybridized carbons (Fsp3) is 0.375. The van der Waals surface area contributed by atoms with Crippen molar-refractivity contribution in [3.05, 3.63) is 22.9 Å². The molecule has 0 saturated heterocycles. The number of nitrogens with one attached hydrogen (secondary N) is 1. The number of thioether (sulfide) groups is 1. The summed E-state index contributed by atoms with van der Waals surface area (Å²) in [6, 6.07) is 0. The molecule has 12 heavy (non-hydrogen) atoms. The van der Waals surface area contributed by atoms with E-state index in [4.69, 9.17) is 0 Å². The lowest BCUT2D eigenvalue weighted by Gasteiger charge is -2.11. The summed E-state index contributed by atoms with van der Waals surface area (Å²) in [5.74, 6) is -0.265. The molecule has 0 aromatic carbocycles. The van der Waals surface area contributed by atoms with Crippen LogP contribution < -0.4 is 5.32 Å². The topological polar surface area (TPSA) is 38.3 Å². The van der Waals surface area contributed by atoms with Crippen molar-refractivity contribution in [2.45, 2.75) is 6.42 Å². The molecule has 1 heterocycles. The van der Waals surface area contributed by atoms with Crippen molar-refractivity contribution >= 4 is 17.7 Å². The standard InChI is InChI=1S/C8H11NO2S/c1-11-8(10)6-3-4-7(12-2)9-5-6/h4-5,9H,3H2,1-2H3. The van der Waals surface area contributed by atoms with E-state index < -0.39 is 0 Å². The summed E-state index contributed by atoms with van der Waals surface area (Å²) in [6.45, 7) is 0. The Hall–Kier alpha value is -0.900. The first kappa shape index (κ1) is 9.19. The molecule has 0 fully saturated rings. The highest BCUT2D eigenvalue weighted by atomic mass is 32.2. The van der Waals surface area contributed by atoms with Gasteiger partial charge in [0.25, 0.3) is 0 Å². The van der Waals surface area contributed by atoms with Gasteiger partial charge in [-0.2, -0.15) is 0 Å². The van der Waals surface area contributed by atoms with E-state index in [1.807, 2.05) is 12.3 Å². The first-order chi connectivity index (χ1) is 5.77. The largest absolute Gasteiger partial charge is 0.466 e. The van der Waals surface area contributed by atoms with Crippen molar-refractivity contribution in [2.24, 2.45) is 0 Å². The van der Waals surface area contributed by atoms with Crippen LogP contribution in [-0.2, 0) is 9.53 Å². The number of hydrogen-bond donors (Lipinski definition) is 1. The Morgan fingerprint density at radius 1 is 1.75 bits per heavy atom. The Labute approximate surface area is 75.9 Å². The fourth-order valence-electron chi connectivity index (χ4n) is 0.894. The minimum absolute atomic E-state index is 0.265. The molecule has 0 saturated carbocycles. The van der Waals surface area contributed by atoms with E-state index in [0.717, 1.165) is 5.03 Å². The van der Waals surface area contributed by atoms with Crippen LogP contribution in [0.3, 0.4) is 0 Å². The first-order valence-electron chi connectivity index (χ1n) is 3.56. The van der Waals surface area contributed by atoms with E-state index in [1.54, 1.807) is 18.0 Å². The molecular formula is C8H11NO2S. The second-order valence-electron chi connectivity index (χ2n) is 2.28. The van der Waals surface area contributed by atoms with Gasteiger partial charge in [-0.05, 0) is 12.3 Å². The van der Waals surface area contributed by atoms with Crippen LogP contribution in [0.5, 0.6) is 0 Å². The van der Waals surface area contributed by atoms with Crippen molar-refractivity contribution in [3.63, 3.8) is 0 Å². The monoisotopic (exact) mass is 185 g/mol. The van der Waals surface area contributed by atoms with Gasteiger partial charge in [-0.3, -0.25) is 0 Å². The smallest absolute Gasteiger partial charge is 0.335 e. The van der Waals surface area contributed by atoms with Gasteiger partial charge < -0.3 is 10.1 Å². The van der Waals surface area contributed by atoms with E-state index in [9.17, 15) is 4.79 Å². The molecule has 1 aliphatic heterocycles. The van der Waals surface area contributed by atoms with Gasteiger partial charge in [-0.1, -0.05) is 0 Å². The zero-order chi connectivity index (χ0) is 8.97. The third-order valence-electron chi connectivity index (χ3n) is 1.56. The third kappa shape index (κ3) is 2.04. The Bertz CT molecular complexity index is 245. The second-order valence-corrected chi connectivity index (χ2v) is 3.13. The molecular weight excluding hydrogens is 174 g/mol. The second kappa shape index (κ2) is 4.21. The summed E-state index contributed by atoms with van der Waals surface area (Å²) in [5, 5.41) is 4.07. The van der Waals surface area contributed by atoms with Crippen molar-refractivity contribution in [2.75, 3.05) is 13.4 Å². The number of carbonyl (C=O) groups is 1. The minimum atomic E-state index is -0.265. The van der Waals surface area contributed by atoms with Crippen LogP contribution in [0.1, 0.15) is 6.42 Å². The molecule has 1 N–H and O–H groups in total. The number of allylic oxidation sites excluding steroid dienone is 1. The molecule has 0 aliphatic carbocycles. The summed E-state index contributed by atoms with van der Waals surface area (Å²) >= 11 is 1.62. The highest BCUT2D eigenvalue weighted by Crippen LogP contribution is 2.17. The molecule has 0 amide bonds. The lowest BCUT2D eigenvalue weighted by molar-refractivity contribution is -0.136. The van der Waals surface area contributed by atoms with Crippen LogP contribution in [-0.4, -0.2) is 19.3 Å². The van der Waals surface area contributed by atoms with Crippen LogP contribution in [0.15, 0.2) is 22.9 Å². The van der Waals surface area contributed by atoms with E-state index in [0.29, 0.717) is 12.0 Å². The SMILES string of the molecule is COC(=O)C1=CNC(SC)=CC1. The number of carbonyl (C=O) groups excluding carboxylic acids is 1. The number of rotatable bonds is 2. The lowest BCUT2D eigenvalue weighted by atomic mass is 10.2. The fourth-order valence-corrected chi connectivity index (χ4v) is 1.32. The summed E-state index contributed by atoms with van der Waals surface area (Å²) in [6.07, 6.45) is 6.29. The number of dihydropyridines is 1. The maximum Gasteiger partial charge on any atom is 0.335 e. The van der Waals surface area contributed by atoms with Gasteiger partial charge in [0.15, 0.2) is 0 Å². The number of methoxy groups -OCH3 is 1. The predicted octanol–water partition coefficient (Wildman–Crippen LogP) is 1.24. The maximum atomic E-state index is 11.0. The van der Waals surface area contributed by atoms with E-state index >= 15 is 0 Å². The van der Waals surface area contributed by atoms with Crippen LogP contribution >= 0.6 is 11.8 Å². The van der Waals surface area contributed by atoms with E-state index in [-0.39, 0.29) is 5.97 Å². The van der Waals surface area contributed by atoms with Gasteiger partial charge >= 0.3 is 5.97 Å². The normalized spacial score (nSPS) is 15.8. The molecule has 0 atom stereocenters. The third-order valence-corrected chi connectivity index (χ3v) is 2.29. The molecule has 1 aliphatic rings. The van der Waals surface area contributed by atoms with Crippen LogP contribution in [0, 0.1) is 0 Å². The molecule has 0 bridgehead atoms. The summed E-state index contributed by atoms with van der Waals surface area (Å²) < 4.78 is 4.58. The molecule has 3 nitrogen and oxygen atoms in total. The minimum Gasteiger partial charge on any atom is -0.466 e. The summed E-state index contributed by atoms with van der Waals surface area (Å²) in [7, 11) is 1.39. The predicted molar refractivity (Wildman–Crippen MR) is 49.4 cm³/mol. The molecule has 4 heteroatoms. The van der Waals surface area contributed by atoms with Gasteiger partial charge in [0.05, 0.1) is 17.7 Å². The van der Waals surface area contributed by atoms with Crippen LogP contribution in [0.25, 0.3) is 0 Å². The molecule has 0 aromatic rings. The maximum absolute atomic E-state index is 11.0. The quantitative estimate of drug-likeness (QED) is 0.657. The van der Waals surface area contributed by atoms with Crippen LogP contribution in [0.4, 0.5) is 0 Å². The first-order valence-corrected chi connectivity index (χ1v) is 4.78. The summed E-state index contributed by atoms with van der Waals surface area (Å²) in [5.41, 5.74) is 0.662. The van der Waals surface area contributed by atoms with Crippen molar-refractivity contribution in [1.29, 1.82) is 0 Å². The Morgan fingerprint density at radius 3 is 2.92 bits per heavy atom. The Balaban J connectivity index is 2.55. The number of esters is 1. The van der Waals surface area contributed by atoms with Crippen LogP contribution in [0.2, 0.25) is 0 Å².